The van der Waals surface area contributed by atoms with E-state index < -0.39 is 23.0 Å². The molecule has 6 heterocycles. The number of carbonyl (C=O) groups is 1. The van der Waals surface area contributed by atoms with Gasteiger partial charge in [-0.2, -0.15) is 0 Å². The number of likely N-dealkylation sites (tertiary alicyclic amines) is 1. The zero-order valence-electron chi connectivity index (χ0n) is 22.4. The van der Waals surface area contributed by atoms with E-state index in [0.29, 0.717) is 31.9 Å². The summed E-state index contributed by atoms with van der Waals surface area (Å²) < 4.78 is 9.71. The predicted molar refractivity (Wildman–Crippen MR) is 151 cm³/mol. The smallest absolute Gasteiger partial charge is 0.255 e. The number of piperidine rings is 1. The van der Waals surface area contributed by atoms with Crippen molar-refractivity contribution in [2.45, 2.75) is 50.7 Å². The van der Waals surface area contributed by atoms with Crippen molar-refractivity contribution >= 4 is 16.8 Å². The van der Waals surface area contributed by atoms with Crippen molar-refractivity contribution in [3.05, 3.63) is 108 Å². The Bertz CT molecular complexity index is 1900. The molecule has 0 spiro atoms. The van der Waals surface area contributed by atoms with Gasteiger partial charge in [-0.25, -0.2) is 0 Å². The molecule has 41 heavy (non-hydrogen) atoms. The van der Waals surface area contributed by atoms with Crippen LogP contribution >= 0.6 is 0 Å². The zero-order valence-corrected chi connectivity index (χ0v) is 22.4. The molecule has 3 atom stereocenters. The lowest BCUT2D eigenvalue weighted by Crippen LogP contribution is -2.46. The molecule has 3 aliphatic heterocycles. The number of pyridine rings is 2. The van der Waals surface area contributed by atoms with Crippen LogP contribution in [0.15, 0.2) is 67.3 Å². The van der Waals surface area contributed by atoms with Gasteiger partial charge in [-0.05, 0) is 41.8 Å². The minimum Gasteiger partial charge on any atom is -0.502 e. The van der Waals surface area contributed by atoms with Crippen LogP contribution < -0.4 is 22.3 Å². The number of hydrogen-bond acceptors (Lipinski definition) is 7. The summed E-state index contributed by atoms with van der Waals surface area (Å²) in [5.74, 6) is -1.67. The van der Waals surface area contributed by atoms with Gasteiger partial charge in [0.2, 0.25) is 17.1 Å². The van der Waals surface area contributed by atoms with Crippen LogP contribution in [-0.4, -0.2) is 38.1 Å². The highest BCUT2D eigenvalue weighted by atomic mass is 16.4. The third-order valence-electron chi connectivity index (χ3n) is 8.86. The van der Waals surface area contributed by atoms with E-state index in [0.717, 1.165) is 41.5 Å². The summed E-state index contributed by atoms with van der Waals surface area (Å²) in [6, 6.07) is 14.2. The van der Waals surface area contributed by atoms with Crippen molar-refractivity contribution in [3.8, 4) is 5.75 Å². The van der Waals surface area contributed by atoms with Crippen LogP contribution in [0.2, 0.25) is 0 Å². The first-order valence-corrected chi connectivity index (χ1v) is 14.0. The van der Waals surface area contributed by atoms with E-state index in [2.05, 4.69) is 4.90 Å². The van der Waals surface area contributed by atoms with Crippen LogP contribution in [0.1, 0.15) is 53.0 Å². The van der Waals surface area contributed by atoms with Gasteiger partial charge in [0.05, 0.1) is 18.0 Å². The molecular weight excluding hydrogens is 524 g/mol. The van der Waals surface area contributed by atoms with Crippen molar-refractivity contribution in [3.63, 3.8) is 0 Å². The normalized spacial score (nSPS) is 20.2. The van der Waals surface area contributed by atoms with E-state index in [9.17, 15) is 24.3 Å². The monoisotopic (exact) mass is 554 g/mol. The molecule has 1 aromatic carbocycles. The molecule has 2 bridgehead atoms. The number of amides is 1. The maximum atomic E-state index is 13.7. The Balaban J connectivity index is 1.26. The highest BCUT2D eigenvalue weighted by Crippen LogP contribution is 2.37. The molecule has 3 aliphatic rings. The second-order valence-electron chi connectivity index (χ2n) is 11.6. The van der Waals surface area contributed by atoms with Crippen LogP contribution in [0.25, 0.3) is 10.9 Å². The standard InChI is InChI=1S/C31H30N4O6/c32-26(37)12-22(23-10-19-4-1-3-18-7-8-34(28(18)19)31(23)40)30-29(39)25(36)11-21(41-30)16-33-13-17-9-20(15-33)24-5-2-6-27(38)35(24)14-17/h1-6,10-11,17,20,22,39H,7-9,12-16H2,(H2,32,37)/t17-,20+,22?/m1/s1. The quantitative estimate of drug-likeness (QED) is 0.371. The molecule has 3 aromatic heterocycles. The largest absolute Gasteiger partial charge is 0.502 e. The number of aromatic hydroxyl groups is 1. The fraction of sp³-hybridized carbons (Fsp3) is 0.355. The fourth-order valence-corrected chi connectivity index (χ4v) is 7.20. The van der Waals surface area contributed by atoms with Gasteiger partial charge in [-0.1, -0.05) is 24.3 Å². The van der Waals surface area contributed by atoms with Crippen molar-refractivity contribution in [1.29, 1.82) is 0 Å². The minimum atomic E-state index is -1.02. The molecule has 1 fully saturated rings. The number of nitrogens with two attached hydrogens (primary N) is 1. The average molecular weight is 555 g/mol. The Hall–Kier alpha value is -4.44. The molecule has 0 radical (unpaired) electrons. The van der Waals surface area contributed by atoms with Gasteiger partial charge in [-0.3, -0.25) is 24.1 Å². The molecule has 7 rings (SSSR count). The molecule has 4 aromatic rings. The van der Waals surface area contributed by atoms with Crippen molar-refractivity contribution < 1.29 is 14.3 Å². The molecular formula is C31H30N4O6. The third-order valence-corrected chi connectivity index (χ3v) is 8.86. The van der Waals surface area contributed by atoms with Crippen LogP contribution in [0.4, 0.5) is 0 Å². The number of para-hydroxylation sites is 1. The van der Waals surface area contributed by atoms with Gasteiger partial charge < -0.3 is 24.4 Å². The number of primary amides is 1. The number of nitrogens with zero attached hydrogens (tertiary/aromatic N) is 3. The van der Waals surface area contributed by atoms with Crippen molar-refractivity contribution in [1.82, 2.24) is 14.0 Å². The topological polar surface area (TPSA) is 141 Å². The molecule has 0 aliphatic carbocycles. The summed E-state index contributed by atoms with van der Waals surface area (Å²) >= 11 is 0. The molecule has 1 amide bonds. The van der Waals surface area contributed by atoms with Crippen LogP contribution in [-0.2, 0) is 30.8 Å². The summed E-state index contributed by atoms with van der Waals surface area (Å²) in [4.78, 5) is 53.4. The van der Waals surface area contributed by atoms with Crippen molar-refractivity contribution in [2.75, 3.05) is 13.1 Å². The number of rotatable bonds is 6. The first kappa shape index (κ1) is 25.5. The van der Waals surface area contributed by atoms with E-state index >= 15 is 0 Å². The summed E-state index contributed by atoms with van der Waals surface area (Å²) in [6.45, 7) is 2.86. The van der Waals surface area contributed by atoms with E-state index in [1.807, 2.05) is 28.8 Å². The van der Waals surface area contributed by atoms with Gasteiger partial charge in [0.25, 0.3) is 11.1 Å². The molecule has 3 N–H and O–H groups in total. The molecule has 10 heteroatoms. The maximum Gasteiger partial charge on any atom is 0.255 e. The van der Waals surface area contributed by atoms with Gasteiger partial charge in [0.15, 0.2) is 5.76 Å². The number of aryl methyl sites for hydroxylation is 2. The lowest BCUT2D eigenvalue weighted by molar-refractivity contribution is -0.118. The zero-order chi connectivity index (χ0) is 28.4. The second kappa shape index (κ2) is 9.59. The Morgan fingerprint density at radius 3 is 2.71 bits per heavy atom. The van der Waals surface area contributed by atoms with Gasteiger partial charge in [-0.15, -0.1) is 0 Å². The lowest BCUT2D eigenvalue weighted by atomic mass is 9.83. The first-order valence-electron chi connectivity index (χ1n) is 14.0. The number of benzene rings is 1. The number of hydrogen-bond donors (Lipinski definition) is 2. The van der Waals surface area contributed by atoms with Crippen LogP contribution in [0.3, 0.4) is 0 Å². The summed E-state index contributed by atoms with van der Waals surface area (Å²) in [5, 5.41) is 11.7. The summed E-state index contributed by atoms with van der Waals surface area (Å²) in [5.41, 5.74) is 7.89. The lowest BCUT2D eigenvalue weighted by Gasteiger charge is -2.42. The third kappa shape index (κ3) is 4.30. The van der Waals surface area contributed by atoms with E-state index in [1.165, 1.54) is 6.07 Å². The first-order chi connectivity index (χ1) is 19.8. The molecule has 10 nitrogen and oxygen atoms in total. The maximum absolute atomic E-state index is 13.7. The van der Waals surface area contributed by atoms with Gasteiger partial charge in [0, 0.05) is 61.9 Å². The highest BCUT2D eigenvalue weighted by molar-refractivity contribution is 5.84. The van der Waals surface area contributed by atoms with E-state index in [1.54, 1.807) is 22.8 Å². The number of carbonyl (C=O) groups excluding carboxylic acids is 1. The molecule has 1 unspecified atom stereocenters. The Morgan fingerprint density at radius 2 is 1.88 bits per heavy atom. The fourth-order valence-electron chi connectivity index (χ4n) is 7.20. The van der Waals surface area contributed by atoms with Crippen molar-refractivity contribution in [2.24, 2.45) is 11.7 Å². The van der Waals surface area contributed by atoms with Crippen LogP contribution in [0.5, 0.6) is 5.75 Å². The minimum absolute atomic E-state index is 0.0136. The number of fused-ring (bicyclic) bond motifs is 4. The Labute approximate surface area is 234 Å². The summed E-state index contributed by atoms with van der Waals surface area (Å²) in [6.07, 6.45) is 1.41. The SMILES string of the molecule is NC(=O)CC(c1oc(CN2C[C@H]3C[C@@H](C2)c2cccc(=O)n2C3)cc(=O)c1O)c1cc2cccc3c2n(c1=O)CC3. The van der Waals surface area contributed by atoms with Gasteiger partial charge in [0.1, 0.15) is 5.76 Å². The highest BCUT2D eigenvalue weighted by Gasteiger charge is 2.35. The number of aromatic nitrogens is 2. The molecule has 0 saturated carbocycles. The molecule has 210 valence electrons. The Kier molecular flexibility index (Phi) is 5.97. The average Bonchev–Trinajstić information content (AvgIpc) is 3.38. The predicted octanol–water partition coefficient (Wildman–Crippen LogP) is 2.00. The Morgan fingerprint density at radius 1 is 1.05 bits per heavy atom. The second-order valence-corrected chi connectivity index (χ2v) is 11.6. The van der Waals surface area contributed by atoms with Crippen LogP contribution in [0, 0.1) is 5.92 Å². The molecule has 1 saturated heterocycles. The summed E-state index contributed by atoms with van der Waals surface area (Å²) in [7, 11) is 0. The van der Waals surface area contributed by atoms with E-state index in [4.69, 9.17) is 10.2 Å². The van der Waals surface area contributed by atoms with Gasteiger partial charge >= 0.3 is 0 Å². The van der Waals surface area contributed by atoms with E-state index in [-0.39, 0.29) is 40.7 Å².